The number of hydrogen-bond donors (Lipinski definition) is 2. The van der Waals surface area contributed by atoms with Crippen molar-refractivity contribution in [1.29, 1.82) is 0 Å². The number of benzene rings is 1. The van der Waals surface area contributed by atoms with E-state index in [-0.39, 0.29) is 0 Å². The molecule has 0 atom stereocenters. The Kier molecular flexibility index (Phi) is 4.13. The minimum atomic E-state index is -4.15. The first-order chi connectivity index (χ1) is 8.54. The number of aromatic amines is 1. The van der Waals surface area contributed by atoms with E-state index >= 15 is 0 Å². The van der Waals surface area contributed by atoms with Crippen LogP contribution in [0, 0.1) is 0 Å². The van der Waals surface area contributed by atoms with Crippen molar-refractivity contribution in [2.45, 2.75) is 11.3 Å². The number of thioether (sulfide) groups is 1. The number of nitrogens with zero attached hydrogens (tertiary/aromatic N) is 1. The van der Waals surface area contributed by atoms with Crippen molar-refractivity contribution in [2.24, 2.45) is 0 Å². The first-order valence-corrected chi connectivity index (χ1v) is 6.38. The van der Waals surface area contributed by atoms with E-state index in [4.69, 9.17) is 0 Å². The number of alkyl halides is 3. The topological polar surface area (TPSA) is 40.7 Å². The lowest BCUT2D eigenvalue weighted by molar-refractivity contribution is -0.124. The minimum absolute atomic E-state index is 0.293. The Balaban J connectivity index is 1.77. The average Bonchev–Trinajstić information content (AvgIpc) is 2.69. The normalized spacial score (nSPS) is 12.2. The second-order valence-electron chi connectivity index (χ2n) is 3.70. The maximum Gasteiger partial charge on any atom is 0.401 e. The third-order valence-electron chi connectivity index (χ3n) is 2.21. The van der Waals surface area contributed by atoms with Gasteiger partial charge in [-0.1, -0.05) is 23.9 Å². The van der Waals surface area contributed by atoms with Crippen molar-refractivity contribution in [3.05, 3.63) is 24.3 Å². The molecule has 18 heavy (non-hydrogen) atoms. The van der Waals surface area contributed by atoms with Gasteiger partial charge < -0.3 is 10.3 Å². The highest BCUT2D eigenvalue weighted by atomic mass is 32.2. The molecule has 0 spiro atoms. The summed E-state index contributed by atoms with van der Waals surface area (Å²) < 4.78 is 35.6. The second-order valence-corrected chi connectivity index (χ2v) is 4.78. The molecule has 1 aromatic carbocycles. The smallest absolute Gasteiger partial charge is 0.333 e. The van der Waals surface area contributed by atoms with E-state index in [2.05, 4.69) is 15.3 Å². The predicted octanol–water partition coefficient (Wildman–Crippen LogP) is 2.81. The molecule has 98 valence electrons. The van der Waals surface area contributed by atoms with Crippen LogP contribution in [0.4, 0.5) is 13.2 Å². The van der Waals surface area contributed by atoms with Gasteiger partial charge in [0.15, 0.2) is 5.16 Å². The van der Waals surface area contributed by atoms with Crippen LogP contribution in [0.3, 0.4) is 0 Å². The zero-order valence-electron chi connectivity index (χ0n) is 9.42. The van der Waals surface area contributed by atoms with E-state index in [9.17, 15) is 13.2 Å². The summed E-state index contributed by atoms with van der Waals surface area (Å²) in [5.41, 5.74) is 1.80. The van der Waals surface area contributed by atoms with Crippen LogP contribution in [0.1, 0.15) is 0 Å². The van der Waals surface area contributed by atoms with E-state index < -0.39 is 12.7 Å². The molecule has 0 aliphatic heterocycles. The molecule has 3 nitrogen and oxygen atoms in total. The van der Waals surface area contributed by atoms with Crippen molar-refractivity contribution < 1.29 is 13.2 Å². The lowest BCUT2D eigenvalue weighted by atomic mass is 10.3. The Bertz CT molecular complexity index is 476. The number of hydrogen-bond acceptors (Lipinski definition) is 3. The molecule has 0 fully saturated rings. The van der Waals surface area contributed by atoms with E-state index in [0.717, 1.165) is 16.2 Å². The van der Waals surface area contributed by atoms with Crippen LogP contribution in [-0.4, -0.2) is 35.0 Å². The summed E-state index contributed by atoms with van der Waals surface area (Å²) in [4.78, 5) is 7.42. The second kappa shape index (κ2) is 5.62. The number of imidazole rings is 1. The zero-order chi connectivity index (χ0) is 13.0. The van der Waals surface area contributed by atoms with Crippen LogP contribution in [0.2, 0.25) is 0 Å². The van der Waals surface area contributed by atoms with Crippen LogP contribution in [0.5, 0.6) is 0 Å². The number of fused-ring (bicyclic) bond motifs is 1. The molecule has 2 rings (SSSR count). The van der Waals surface area contributed by atoms with Crippen LogP contribution < -0.4 is 5.32 Å². The Morgan fingerprint density at radius 3 is 2.78 bits per heavy atom. The summed E-state index contributed by atoms with van der Waals surface area (Å²) in [7, 11) is 0. The number of rotatable bonds is 5. The highest BCUT2D eigenvalue weighted by Crippen LogP contribution is 2.18. The van der Waals surface area contributed by atoms with Gasteiger partial charge in [-0.3, -0.25) is 0 Å². The maximum absolute atomic E-state index is 11.9. The summed E-state index contributed by atoms with van der Waals surface area (Å²) in [6.07, 6.45) is -4.15. The van der Waals surface area contributed by atoms with Gasteiger partial charge in [-0.15, -0.1) is 0 Å². The fraction of sp³-hybridized carbons (Fsp3) is 0.364. The molecular weight excluding hydrogens is 263 g/mol. The highest BCUT2D eigenvalue weighted by Gasteiger charge is 2.25. The van der Waals surface area contributed by atoms with Crippen molar-refractivity contribution in [3.8, 4) is 0 Å². The minimum Gasteiger partial charge on any atom is -0.333 e. The monoisotopic (exact) mass is 275 g/mol. The predicted molar refractivity (Wildman–Crippen MR) is 65.7 cm³/mol. The Morgan fingerprint density at radius 2 is 2.06 bits per heavy atom. The molecule has 0 bridgehead atoms. The lowest BCUT2D eigenvalue weighted by Crippen LogP contribution is -2.30. The molecule has 2 N–H and O–H groups in total. The van der Waals surface area contributed by atoms with Gasteiger partial charge in [-0.05, 0) is 12.1 Å². The molecule has 7 heteroatoms. The number of para-hydroxylation sites is 2. The average molecular weight is 275 g/mol. The third-order valence-corrected chi connectivity index (χ3v) is 3.09. The molecule has 0 radical (unpaired) electrons. The number of nitrogens with one attached hydrogen (secondary N) is 2. The quantitative estimate of drug-likeness (QED) is 0.651. The van der Waals surface area contributed by atoms with Gasteiger partial charge in [0.1, 0.15) is 0 Å². The molecule has 0 saturated carbocycles. The summed E-state index contributed by atoms with van der Waals surface area (Å²) >= 11 is 1.40. The van der Waals surface area contributed by atoms with Crippen LogP contribution in [0.15, 0.2) is 29.4 Å². The van der Waals surface area contributed by atoms with Gasteiger partial charge in [0, 0.05) is 12.3 Å². The number of halogens is 3. The first kappa shape index (κ1) is 13.2. The molecule has 0 saturated heterocycles. The largest absolute Gasteiger partial charge is 0.401 e. The summed E-state index contributed by atoms with van der Waals surface area (Å²) in [6.45, 7) is -0.658. The van der Waals surface area contributed by atoms with E-state index in [1.54, 1.807) is 0 Å². The highest BCUT2D eigenvalue weighted by molar-refractivity contribution is 7.99. The Labute approximate surface area is 106 Å². The van der Waals surface area contributed by atoms with Crippen LogP contribution in [-0.2, 0) is 0 Å². The SMILES string of the molecule is FC(F)(F)CNCCSc1nc2ccccc2[nH]1. The van der Waals surface area contributed by atoms with Crippen molar-refractivity contribution in [1.82, 2.24) is 15.3 Å². The number of H-pyrrole nitrogens is 1. The molecule has 0 aliphatic carbocycles. The molecule has 0 aliphatic rings. The third kappa shape index (κ3) is 3.92. The van der Waals surface area contributed by atoms with Crippen molar-refractivity contribution in [3.63, 3.8) is 0 Å². The summed E-state index contributed by atoms with van der Waals surface area (Å²) in [6, 6.07) is 7.59. The van der Waals surface area contributed by atoms with E-state index in [1.807, 2.05) is 24.3 Å². The van der Waals surface area contributed by atoms with Gasteiger partial charge >= 0.3 is 6.18 Å². The summed E-state index contributed by atoms with van der Waals surface area (Å²) in [5.74, 6) is 0.538. The van der Waals surface area contributed by atoms with E-state index in [1.165, 1.54) is 11.8 Å². The van der Waals surface area contributed by atoms with Gasteiger partial charge in [0.25, 0.3) is 0 Å². The molecule has 2 aromatic rings. The molecule has 0 unspecified atom stereocenters. The molecule has 1 aromatic heterocycles. The first-order valence-electron chi connectivity index (χ1n) is 5.39. The standard InChI is InChI=1S/C11H12F3N3S/c12-11(13,14)7-15-5-6-18-10-16-8-3-1-2-4-9(8)17-10/h1-4,15H,5-7H2,(H,16,17). The molecular formula is C11H12F3N3S. The summed E-state index contributed by atoms with van der Waals surface area (Å²) in [5, 5.41) is 3.07. The fourth-order valence-corrected chi connectivity index (χ4v) is 2.23. The maximum atomic E-state index is 11.9. The van der Waals surface area contributed by atoms with Gasteiger partial charge in [0.05, 0.1) is 17.6 Å². The Hall–Kier alpha value is -1.21. The van der Waals surface area contributed by atoms with Crippen molar-refractivity contribution in [2.75, 3.05) is 18.8 Å². The van der Waals surface area contributed by atoms with Gasteiger partial charge in [0.2, 0.25) is 0 Å². The van der Waals surface area contributed by atoms with Crippen LogP contribution >= 0.6 is 11.8 Å². The van der Waals surface area contributed by atoms with Gasteiger partial charge in [-0.25, -0.2) is 4.98 Å². The fourth-order valence-electron chi connectivity index (χ4n) is 1.45. The zero-order valence-corrected chi connectivity index (χ0v) is 10.2. The molecule has 0 amide bonds. The van der Waals surface area contributed by atoms with Gasteiger partial charge in [-0.2, -0.15) is 13.2 Å². The van der Waals surface area contributed by atoms with Crippen LogP contribution in [0.25, 0.3) is 11.0 Å². The van der Waals surface area contributed by atoms with Crippen molar-refractivity contribution >= 4 is 22.8 Å². The lowest BCUT2D eigenvalue weighted by Gasteiger charge is -2.06. The number of aromatic nitrogens is 2. The van der Waals surface area contributed by atoms with E-state index in [0.29, 0.717) is 12.3 Å². The molecule has 1 heterocycles. The Morgan fingerprint density at radius 1 is 1.28 bits per heavy atom.